The summed E-state index contributed by atoms with van der Waals surface area (Å²) in [5.41, 5.74) is 0. The molecule has 0 aromatic carbocycles. The fourth-order valence-electron chi connectivity index (χ4n) is 0.846. The van der Waals surface area contributed by atoms with Crippen molar-refractivity contribution in [1.29, 1.82) is 0 Å². The van der Waals surface area contributed by atoms with Gasteiger partial charge in [-0.25, -0.2) is 9.97 Å². The first kappa shape index (κ1) is 9.73. The standard InChI is InChI=1S/C8H13N3O2/c1-2-9-7-5-8(11-6-10-7)13-4-3-12/h5-6,12H,2-4H2,1H3,(H,9,10,11). The summed E-state index contributed by atoms with van der Waals surface area (Å²) in [5.74, 6) is 1.20. The third kappa shape index (κ3) is 3.25. The number of rotatable bonds is 5. The van der Waals surface area contributed by atoms with Crippen molar-refractivity contribution in [2.75, 3.05) is 25.1 Å². The van der Waals surface area contributed by atoms with Crippen LogP contribution in [-0.4, -0.2) is 34.8 Å². The molecule has 0 bridgehead atoms. The van der Waals surface area contributed by atoms with Crippen LogP contribution in [0.25, 0.3) is 0 Å². The molecular weight excluding hydrogens is 170 g/mol. The van der Waals surface area contributed by atoms with Crippen LogP contribution in [0.15, 0.2) is 12.4 Å². The second kappa shape index (κ2) is 5.31. The summed E-state index contributed by atoms with van der Waals surface area (Å²) in [6.07, 6.45) is 1.42. The molecule has 5 nitrogen and oxygen atoms in total. The second-order valence-electron chi connectivity index (χ2n) is 2.34. The Bertz CT molecular complexity index is 255. The molecule has 0 unspecified atom stereocenters. The van der Waals surface area contributed by atoms with Crippen LogP contribution in [0.4, 0.5) is 5.82 Å². The molecule has 0 saturated heterocycles. The number of aliphatic hydroxyl groups excluding tert-OH is 1. The molecule has 72 valence electrons. The lowest BCUT2D eigenvalue weighted by atomic mass is 10.5. The van der Waals surface area contributed by atoms with Gasteiger partial charge in [-0.2, -0.15) is 0 Å². The average molecular weight is 183 g/mol. The largest absolute Gasteiger partial charge is 0.475 e. The molecule has 0 amide bonds. The monoisotopic (exact) mass is 183 g/mol. The van der Waals surface area contributed by atoms with Crippen molar-refractivity contribution in [2.45, 2.75) is 6.92 Å². The molecule has 0 aliphatic heterocycles. The van der Waals surface area contributed by atoms with Crippen LogP contribution >= 0.6 is 0 Å². The molecule has 0 aliphatic carbocycles. The van der Waals surface area contributed by atoms with Crippen LogP contribution in [0.1, 0.15) is 6.92 Å². The van der Waals surface area contributed by atoms with E-state index >= 15 is 0 Å². The van der Waals surface area contributed by atoms with Gasteiger partial charge >= 0.3 is 0 Å². The van der Waals surface area contributed by atoms with Gasteiger partial charge in [-0.1, -0.05) is 0 Å². The Hall–Kier alpha value is -1.36. The van der Waals surface area contributed by atoms with E-state index in [1.807, 2.05) is 6.92 Å². The zero-order chi connectivity index (χ0) is 9.52. The molecule has 1 rings (SSSR count). The molecule has 5 heteroatoms. The highest BCUT2D eigenvalue weighted by Gasteiger charge is 1.97. The van der Waals surface area contributed by atoms with Crippen molar-refractivity contribution in [3.05, 3.63) is 12.4 Å². The van der Waals surface area contributed by atoms with Crippen LogP contribution in [0.3, 0.4) is 0 Å². The predicted octanol–water partition coefficient (Wildman–Crippen LogP) is 0.279. The van der Waals surface area contributed by atoms with Gasteiger partial charge in [0.15, 0.2) is 0 Å². The minimum atomic E-state index is -0.0134. The Morgan fingerprint density at radius 3 is 3.08 bits per heavy atom. The van der Waals surface area contributed by atoms with Crippen LogP contribution in [-0.2, 0) is 0 Å². The Morgan fingerprint density at radius 2 is 2.38 bits per heavy atom. The number of nitrogens with one attached hydrogen (secondary N) is 1. The fraction of sp³-hybridized carbons (Fsp3) is 0.500. The van der Waals surface area contributed by atoms with Gasteiger partial charge in [0.2, 0.25) is 5.88 Å². The van der Waals surface area contributed by atoms with Crippen molar-refractivity contribution in [3.8, 4) is 5.88 Å². The molecule has 1 aromatic rings. The summed E-state index contributed by atoms with van der Waals surface area (Å²) in [4.78, 5) is 7.85. The van der Waals surface area contributed by atoms with Crippen molar-refractivity contribution < 1.29 is 9.84 Å². The Kier molecular flexibility index (Phi) is 3.98. The SMILES string of the molecule is CCNc1cc(OCCO)ncn1. The minimum absolute atomic E-state index is 0.0134. The summed E-state index contributed by atoms with van der Waals surface area (Å²) < 4.78 is 5.10. The van der Waals surface area contributed by atoms with E-state index in [1.54, 1.807) is 6.07 Å². The molecule has 0 aliphatic rings. The summed E-state index contributed by atoms with van der Waals surface area (Å²) >= 11 is 0. The molecule has 13 heavy (non-hydrogen) atoms. The fourth-order valence-corrected chi connectivity index (χ4v) is 0.846. The molecule has 0 saturated carbocycles. The van der Waals surface area contributed by atoms with Crippen molar-refractivity contribution >= 4 is 5.82 Å². The predicted molar refractivity (Wildman–Crippen MR) is 48.8 cm³/mol. The van der Waals surface area contributed by atoms with Crippen molar-refractivity contribution in [1.82, 2.24) is 9.97 Å². The van der Waals surface area contributed by atoms with Crippen molar-refractivity contribution in [3.63, 3.8) is 0 Å². The van der Waals surface area contributed by atoms with Gasteiger partial charge in [0, 0.05) is 12.6 Å². The van der Waals surface area contributed by atoms with E-state index in [0.717, 1.165) is 12.4 Å². The van der Waals surface area contributed by atoms with E-state index in [1.165, 1.54) is 6.33 Å². The Morgan fingerprint density at radius 1 is 1.54 bits per heavy atom. The molecule has 0 atom stereocenters. The lowest BCUT2D eigenvalue weighted by Crippen LogP contribution is -2.05. The topological polar surface area (TPSA) is 67.3 Å². The van der Waals surface area contributed by atoms with Gasteiger partial charge in [-0.05, 0) is 6.92 Å². The summed E-state index contributed by atoms with van der Waals surface area (Å²) in [6.45, 7) is 3.02. The van der Waals surface area contributed by atoms with E-state index in [0.29, 0.717) is 5.88 Å². The second-order valence-corrected chi connectivity index (χ2v) is 2.34. The number of hydrogen-bond acceptors (Lipinski definition) is 5. The number of aliphatic hydroxyl groups is 1. The van der Waals surface area contributed by atoms with E-state index < -0.39 is 0 Å². The molecule has 1 aromatic heterocycles. The van der Waals surface area contributed by atoms with Gasteiger partial charge in [0.25, 0.3) is 0 Å². The number of aromatic nitrogens is 2. The first-order valence-electron chi connectivity index (χ1n) is 4.16. The number of ether oxygens (including phenoxy) is 1. The first-order valence-corrected chi connectivity index (χ1v) is 4.16. The van der Waals surface area contributed by atoms with Gasteiger partial charge in [0.1, 0.15) is 18.8 Å². The van der Waals surface area contributed by atoms with Gasteiger partial charge < -0.3 is 15.2 Å². The lowest BCUT2D eigenvalue weighted by molar-refractivity contribution is 0.196. The van der Waals surface area contributed by atoms with Crippen LogP contribution in [0, 0.1) is 0 Å². The molecule has 0 fully saturated rings. The highest BCUT2D eigenvalue weighted by molar-refractivity contribution is 5.36. The van der Waals surface area contributed by atoms with Crippen molar-refractivity contribution in [2.24, 2.45) is 0 Å². The summed E-state index contributed by atoms with van der Waals surface area (Å²) in [5, 5.41) is 11.5. The molecule has 0 spiro atoms. The number of nitrogens with zero attached hydrogens (tertiary/aromatic N) is 2. The normalized spacial score (nSPS) is 9.69. The minimum Gasteiger partial charge on any atom is -0.475 e. The van der Waals surface area contributed by atoms with Crippen LogP contribution < -0.4 is 10.1 Å². The first-order chi connectivity index (χ1) is 6.36. The summed E-state index contributed by atoms with van der Waals surface area (Å²) in [7, 11) is 0. The molecule has 0 radical (unpaired) electrons. The van der Waals surface area contributed by atoms with Gasteiger partial charge in [-0.3, -0.25) is 0 Å². The molecule has 1 heterocycles. The Labute approximate surface area is 76.8 Å². The van der Waals surface area contributed by atoms with E-state index in [4.69, 9.17) is 9.84 Å². The Balaban J connectivity index is 2.56. The van der Waals surface area contributed by atoms with Crippen LogP contribution in [0.2, 0.25) is 0 Å². The van der Waals surface area contributed by atoms with Gasteiger partial charge in [0.05, 0.1) is 6.61 Å². The average Bonchev–Trinajstić information content (AvgIpc) is 2.16. The third-order valence-electron chi connectivity index (χ3n) is 1.34. The quantitative estimate of drug-likeness (QED) is 0.686. The molecular formula is C8H13N3O2. The van der Waals surface area contributed by atoms with E-state index in [9.17, 15) is 0 Å². The van der Waals surface area contributed by atoms with E-state index in [-0.39, 0.29) is 13.2 Å². The van der Waals surface area contributed by atoms with Gasteiger partial charge in [-0.15, -0.1) is 0 Å². The third-order valence-corrected chi connectivity index (χ3v) is 1.34. The molecule has 2 N–H and O–H groups in total. The zero-order valence-electron chi connectivity index (χ0n) is 7.53. The van der Waals surface area contributed by atoms with E-state index in [2.05, 4.69) is 15.3 Å². The smallest absolute Gasteiger partial charge is 0.218 e. The zero-order valence-corrected chi connectivity index (χ0v) is 7.53. The number of anilines is 1. The number of hydrogen-bond donors (Lipinski definition) is 2. The lowest BCUT2D eigenvalue weighted by Gasteiger charge is -2.04. The highest BCUT2D eigenvalue weighted by Crippen LogP contribution is 2.09. The summed E-state index contributed by atoms with van der Waals surface area (Å²) in [6, 6.07) is 1.69. The maximum atomic E-state index is 8.52. The van der Waals surface area contributed by atoms with Crippen LogP contribution in [0.5, 0.6) is 5.88 Å². The maximum Gasteiger partial charge on any atom is 0.218 e. The maximum absolute atomic E-state index is 8.52. The highest BCUT2D eigenvalue weighted by atomic mass is 16.5.